The van der Waals surface area contributed by atoms with Crippen LogP contribution in [0.2, 0.25) is 0 Å². The van der Waals surface area contributed by atoms with E-state index in [1.807, 2.05) is 11.7 Å². The molecule has 0 aliphatic carbocycles. The molecule has 0 atom stereocenters. The van der Waals surface area contributed by atoms with Crippen LogP contribution in [-0.4, -0.2) is 22.9 Å². The lowest BCUT2D eigenvalue weighted by Gasteiger charge is -1.99. The minimum Gasteiger partial charge on any atom is -0.367 e. The minimum atomic E-state index is 0.615. The van der Waals surface area contributed by atoms with Crippen molar-refractivity contribution in [2.75, 3.05) is 18.4 Å². The summed E-state index contributed by atoms with van der Waals surface area (Å²) in [5.74, 6) is 0.915. The Morgan fingerprint density at radius 3 is 3.00 bits per heavy atom. The molecular weight excluding hydrogens is 188 g/mol. The Balaban J connectivity index is 2.48. The molecule has 4 heteroatoms. The maximum atomic E-state index is 5.45. The van der Waals surface area contributed by atoms with Crippen LogP contribution in [0.25, 0.3) is 10.9 Å². The Hall–Kier alpha value is -1.55. The smallest absolute Gasteiger partial charge is 0.156 e. The number of fused-ring (bicyclic) bond motifs is 1. The predicted molar refractivity (Wildman–Crippen MR) is 63.0 cm³/mol. The molecule has 1 aromatic heterocycles. The van der Waals surface area contributed by atoms with Gasteiger partial charge in [-0.3, -0.25) is 4.68 Å². The summed E-state index contributed by atoms with van der Waals surface area (Å²) in [7, 11) is 1.95. The molecule has 0 saturated carbocycles. The molecule has 4 nitrogen and oxygen atoms in total. The molecule has 3 N–H and O–H groups in total. The number of nitrogens with two attached hydrogens (primary N) is 1. The molecule has 2 aromatic rings. The average Bonchev–Trinajstić information content (AvgIpc) is 2.53. The number of hydrogen-bond donors (Lipinski definition) is 2. The SMILES string of the molecule is Cc1ccc2c(NCCN)nn(C)c2c1. The van der Waals surface area contributed by atoms with Gasteiger partial charge in [0.2, 0.25) is 0 Å². The van der Waals surface area contributed by atoms with Gasteiger partial charge >= 0.3 is 0 Å². The van der Waals surface area contributed by atoms with Gasteiger partial charge in [-0.25, -0.2) is 0 Å². The van der Waals surface area contributed by atoms with Crippen molar-refractivity contribution in [3.8, 4) is 0 Å². The summed E-state index contributed by atoms with van der Waals surface area (Å²) in [6.07, 6.45) is 0. The van der Waals surface area contributed by atoms with Crippen LogP contribution < -0.4 is 11.1 Å². The normalized spacial score (nSPS) is 10.9. The van der Waals surface area contributed by atoms with E-state index >= 15 is 0 Å². The van der Waals surface area contributed by atoms with Gasteiger partial charge in [-0.05, 0) is 24.6 Å². The fraction of sp³-hybridized carbons (Fsp3) is 0.364. The third-order valence-electron chi connectivity index (χ3n) is 2.44. The molecule has 0 aliphatic heterocycles. The Morgan fingerprint density at radius 2 is 2.27 bits per heavy atom. The monoisotopic (exact) mass is 204 g/mol. The molecule has 0 fully saturated rings. The number of rotatable bonds is 3. The highest BCUT2D eigenvalue weighted by Gasteiger charge is 2.06. The zero-order chi connectivity index (χ0) is 10.8. The van der Waals surface area contributed by atoms with Gasteiger partial charge in [0, 0.05) is 25.5 Å². The molecule has 0 amide bonds. The van der Waals surface area contributed by atoms with Crippen LogP contribution in [0, 0.1) is 6.92 Å². The van der Waals surface area contributed by atoms with E-state index in [0.29, 0.717) is 6.54 Å². The van der Waals surface area contributed by atoms with E-state index < -0.39 is 0 Å². The maximum Gasteiger partial charge on any atom is 0.156 e. The molecular formula is C11H16N4. The molecule has 2 rings (SSSR count). The fourth-order valence-electron chi connectivity index (χ4n) is 1.69. The third-order valence-corrected chi connectivity index (χ3v) is 2.44. The zero-order valence-corrected chi connectivity index (χ0v) is 9.12. The van der Waals surface area contributed by atoms with E-state index in [4.69, 9.17) is 5.73 Å². The molecule has 0 aliphatic rings. The first-order valence-corrected chi connectivity index (χ1v) is 5.09. The lowest BCUT2D eigenvalue weighted by molar-refractivity contribution is 0.796. The number of nitrogens with one attached hydrogen (secondary N) is 1. The van der Waals surface area contributed by atoms with Gasteiger partial charge in [0.1, 0.15) is 0 Å². The molecule has 1 aromatic carbocycles. The Kier molecular flexibility index (Phi) is 2.60. The number of aryl methyl sites for hydroxylation is 2. The van der Waals surface area contributed by atoms with Gasteiger partial charge in [0.25, 0.3) is 0 Å². The summed E-state index contributed by atoms with van der Waals surface area (Å²) in [4.78, 5) is 0. The second-order valence-corrected chi connectivity index (χ2v) is 3.71. The van der Waals surface area contributed by atoms with Crippen LogP contribution >= 0.6 is 0 Å². The number of aromatic nitrogens is 2. The molecule has 0 bridgehead atoms. The summed E-state index contributed by atoms with van der Waals surface area (Å²) in [5.41, 5.74) is 7.85. The summed E-state index contributed by atoms with van der Waals surface area (Å²) < 4.78 is 1.89. The van der Waals surface area contributed by atoms with Crippen molar-refractivity contribution in [3.05, 3.63) is 23.8 Å². The lowest BCUT2D eigenvalue weighted by Crippen LogP contribution is -2.13. The Morgan fingerprint density at radius 1 is 1.47 bits per heavy atom. The van der Waals surface area contributed by atoms with E-state index in [9.17, 15) is 0 Å². The van der Waals surface area contributed by atoms with Crippen molar-refractivity contribution in [3.63, 3.8) is 0 Å². The molecule has 15 heavy (non-hydrogen) atoms. The topological polar surface area (TPSA) is 55.9 Å². The predicted octanol–water partition coefficient (Wildman–Crippen LogP) is 1.25. The van der Waals surface area contributed by atoms with Crippen LogP contribution in [-0.2, 0) is 7.05 Å². The lowest BCUT2D eigenvalue weighted by atomic mass is 10.2. The number of hydrogen-bond acceptors (Lipinski definition) is 3. The van der Waals surface area contributed by atoms with Gasteiger partial charge < -0.3 is 11.1 Å². The van der Waals surface area contributed by atoms with E-state index in [1.54, 1.807) is 0 Å². The highest BCUT2D eigenvalue weighted by molar-refractivity contribution is 5.90. The molecule has 0 spiro atoms. The van der Waals surface area contributed by atoms with E-state index in [-0.39, 0.29) is 0 Å². The van der Waals surface area contributed by atoms with Crippen LogP contribution in [0.1, 0.15) is 5.56 Å². The highest BCUT2D eigenvalue weighted by atomic mass is 15.3. The molecule has 0 unspecified atom stereocenters. The second kappa shape index (κ2) is 3.90. The van der Waals surface area contributed by atoms with Crippen LogP contribution in [0.5, 0.6) is 0 Å². The average molecular weight is 204 g/mol. The maximum absolute atomic E-state index is 5.45. The molecule has 0 radical (unpaired) electrons. The summed E-state index contributed by atoms with van der Waals surface area (Å²) in [6, 6.07) is 6.32. The summed E-state index contributed by atoms with van der Waals surface area (Å²) >= 11 is 0. The van der Waals surface area contributed by atoms with E-state index in [2.05, 4.69) is 35.5 Å². The van der Waals surface area contributed by atoms with Gasteiger partial charge in [-0.1, -0.05) is 6.07 Å². The van der Waals surface area contributed by atoms with Crippen LogP contribution in [0.3, 0.4) is 0 Å². The Bertz CT molecular complexity index is 473. The van der Waals surface area contributed by atoms with Gasteiger partial charge in [-0.2, -0.15) is 5.10 Å². The van der Waals surface area contributed by atoms with Gasteiger partial charge in [0.15, 0.2) is 5.82 Å². The summed E-state index contributed by atoms with van der Waals surface area (Å²) in [5, 5.41) is 8.79. The minimum absolute atomic E-state index is 0.615. The molecule has 0 saturated heterocycles. The van der Waals surface area contributed by atoms with Crippen molar-refractivity contribution >= 4 is 16.7 Å². The highest BCUT2D eigenvalue weighted by Crippen LogP contribution is 2.22. The summed E-state index contributed by atoms with van der Waals surface area (Å²) in [6.45, 7) is 3.45. The second-order valence-electron chi connectivity index (χ2n) is 3.71. The van der Waals surface area contributed by atoms with E-state index in [0.717, 1.165) is 23.3 Å². The van der Waals surface area contributed by atoms with Crippen molar-refractivity contribution in [2.45, 2.75) is 6.92 Å². The first-order chi connectivity index (χ1) is 7.22. The first kappa shape index (κ1) is 9.98. The van der Waals surface area contributed by atoms with Crippen molar-refractivity contribution in [2.24, 2.45) is 12.8 Å². The fourth-order valence-corrected chi connectivity index (χ4v) is 1.69. The molecule has 1 heterocycles. The van der Waals surface area contributed by atoms with Crippen LogP contribution in [0.15, 0.2) is 18.2 Å². The number of anilines is 1. The zero-order valence-electron chi connectivity index (χ0n) is 9.12. The standard InChI is InChI=1S/C11H16N4/c1-8-3-4-9-10(7-8)15(2)14-11(9)13-6-5-12/h3-4,7H,5-6,12H2,1-2H3,(H,13,14). The Labute approximate surface area is 89.1 Å². The van der Waals surface area contributed by atoms with Gasteiger partial charge in [0.05, 0.1) is 5.52 Å². The largest absolute Gasteiger partial charge is 0.367 e. The van der Waals surface area contributed by atoms with Crippen molar-refractivity contribution in [1.29, 1.82) is 0 Å². The van der Waals surface area contributed by atoms with Crippen LogP contribution in [0.4, 0.5) is 5.82 Å². The molecule has 80 valence electrons. The van der Waals surface area contributed by atoms with E-state index in [1.165, 1.54) is 5.56 Å². The third kappa shape index (κ3) is 1.80. The van der Waals surface area contributed by atoms with Crippen molar-refractivity contribution < 1.29 is 0 Å². The first-order valence-electron chi connectivity index (χ1n) is 5.09. The number of benzene rings is 1. The van der Waals surface area contributed by atoms with Gasteiger partial charge in [-0.15, -0.1) is 0 Å². The van der Waals surface area contributed by atoms with Crippen molar-refractivity contribution in [1.82, 2.24) is 9.78 Å². The quantitative estimate of drug-likeness (QED) is 0.791. The number of nitrogens with zero attached hydrogens (tertiary/aromatic N) is 2.